The van der Waals surface area contributed by atoms with Crippen LogP contribution >= 0.6 is 12.4 Å². The fraction of sp³-hybridized carbons (Fsp3) is 0.400. The standard InChI is InChI=1S/C15H16FN5O.ClH/c1-15(5-2-6-17-8-15)14-19-13(21-22-14)9-3-4-11(16)10-7-18-20-12(9)10;/h3-4,7,17H,2,5-6,8H2,1H3,(H,18,20);1H. The van der Waals surface area contributed by atoms with Crippen LogP contribution in [0.5, 0.6) is 0 Å². The summed E-state index contributed by atoms with van der Waals surface area (Å²) < 4.78 is 19.2. The van der Waals surface area contributed by atoms with Gasteiger partial charge in [-0.3, -0.25) is 5.10 Å². The SMILES string of the molecule is CC1(c2nc(-c3ccc(F)c4cn[nH]c34)no2)CCCNC1.Cl. The van der Waals surface area contributed by atoms with Crippen molar-refractivity contribution >= 4 is 23.3 Å². The number of fused-ring (bicyclic) bond motifs is 1. The molecule has 1 aromatic carbocycles. The van der Waals surface area contributed by atoms with E-state index in [1.54, 1.807) is 6.07 Å². The first kappa shape index (κ1) is 15.9. The van der Waals surface area contributed by atoms with Gasteiger partial charge in [0, 0.05) is 12.1 Å². The minimum Gasteiger partial charge on any atom is -0.338 e. The Labute approximate surface area is 138 Å². The van der Waals surface area contributed by atoms with Crippen LogP contribution in [0.15, 0.2) is 22.9 Å². The monoisotopic (exact) mass is 337 g/mol. The molecule has 1 atom stereocenters. The molecule has 0 amide bonds. The first-order chi connectivity index (χ1) is 10.7. The van der Waals surface area contributed by atoms with Crippen LogP contribution in [0.4, 0.5) is 4.39 Å². The van der Waals surface area contributed by atoms with Crippen molar-refractivity contribution in [2.24, 2.45) is 0 Å². The third-order valence-corrected chi connectivity index (χ3v) is 4.34. The van der Waals surface area contributed by atoms with Crippen molar-refractivity contribution in [1.29, 1.82) is 0 Å². The lowest BCUT2D eigenvalue weighted by molar-refractivity contribution is 0.245. The number of piperidine rings is 1. The van der Waals surface area contributed by atoms with E-state index in [0.717, 1.165) is 25.9 Å². The van der Waals surface area contributed by atoms with Gasteiger partial charge in [0.1, 0.15) is 5.82 Å². The van der Waals surface area contributed by atoms with Crippen LogP contribution in [0.1, 0.15) is 25.7 Å². The molecule has 2 N–H and O–H groups in total. The lowest BCUT2D eigenvalue weighted by Gasteiger charge is -2.30. The van der Waals surface area contributed by atoms with Gasteiger partial charge >= 0.3 is 0 Å². The van der Waals surface area contributed by atoms with Gasteiger partial charge in [-0.05, 0) is 38.4 Å². The number of rotatable bonds is 2. The Kier molecular flexibility index (Phi) is 4.08. The van der Waals surface area contributed by atoms with E-state index in [2.05, 4.69) is 32.6 Å². The van der Waals surface area contributed by atoms with Gasteiger partial charge in [0.2, 0.25) is 11.7 Å². The van der Waals surface area contributed by atoms with Crippen LogP contribution in [0.25, 0.3) is 22.3 Å². The van der Waals surface area contributed by atoms with E-state index in [-0.39, 0.29) is 23.6 Å². The van der Waals surface area contributed by atoms with E-state index in [1.165, 1.54) is 12.3 Å². The van der Waals surface area contributed by atoms with Crippen molar-refractivity contribution < 1.29 is 8.91 Å². The normalized spacial score (nSPS) is 21.3. The Bertz CT molecular complexity index is 824. The first-order valence-corrected chi connectivity index (χ1v) is 7.34. The highest BCUT2D eigenvalue weighted by Crippen LogP contribution is 2.32. The number of halogens is 2. The summed E-state index contributed by atoms with van der Waals surface area (Å²) >= 11 is 0. The third-order valence-electron chi connectivity index (χ3n) is 4.34. The minimum atomic E-state index is -0.320. The van der Waals surface area contributed by atoms with Gasteiger partial charge in [0.25, 0.3) is 0 Å². The zero-order valence-corrected chi connectivity index (χ0v) is 13.4. The Morgan fingerprint density at radius 3 is 3.00 bits per heavy atom. The molecule has 23 heavy (non-hydrogen) atoms. The second-order valence-electron chi connectivity index (χ2n) is 6.02. The Morgan fingerprint density at radius 2 is 2.22 bits per heavy atom. The van der Waals surface area contributed by atoms with Gasteiger partial charge in [-0.15, -0.1) is 12.4 Å². The van der Waals surface area contributed by atoms with Crippen LogP contribution in [-0.2, 0) is 5.41 Å². The van der Waals surface area contributed by atoms with Gasteiger partial charge in [-0.1, -0.05) is 5.16 Å². The zero-order chi connectivity index (χ0) is 15.2. The summed E-state index contributed by atoms with van der Waals surface area (Å²) in [7, 11) is 0. The van der Waals surface area contributed by atoms with Crippen molar-refractivity contribution in [2.75, 3.05) is 13.1 Å². The first-order valence-electron chi connectivity index (χ1n) is 7.34. The molecule has 0 bridgehead atoms. The van der Waals surface area contributed by atoms with E-state index >= 15 is 0 Å². The summed E-state index contributed by atoms with van der Waals surface area (Å²) in [6, 6.07) is 3.04. The number of nitrogens with zero attached hydrogens (tertiary/aromatic N) is 3. The van der Waals surface area contributed by atoms with E-state index in [4.69, 9.17) is 4.52 Å². The zero-order valence-electron chi connectivity index (χ0n) is 12.6. The number of aromatic amines is 1. The van der Waals surface area contributed by atoms with E-state index in [0.29, 0.717) is 28.2 Å². The molecule has 0 radical (unpaired) electrons. The average molecular weight is 338 g/mol. The molecule has 0 aliphatic carbocycles. The lowest BCUT2D eigenvalue weighted by atomic mass is 9.83. The van der Waals surface area contributed by atoms with Crippen molar-refractivity contribution in [2.45, 2.75) is 25.2 Å². The fourth-order valence-corrected chi connectivity index (χ4v) is 3.01. The number of hydrogen-bond donors (Lipinski definition) is 2. The summed E-state index contributed by atoms with van der Waals surface area (Å²) in [6.07, 6.45) is 3.54. The molecule has 3 heterocycles. The van der Waals surface area contributed by atoms with Crippen LogP contribution in [0.3, 0.4) is 0 Å². The highest BCUT2D eigenvalue weighted by atomic mass is 35.5. The summed E-state index contributed by atoms with van der Waals surface area (Å²) in [6.45, 7) is 3.95. The Balaban J connectivity index is 0.00000156. The van der Waals surface area contributed by atoms with E-state index in [9.17, 15) is 4.39 Å². The summed E-state index contributed by atoms with van der Waals surface area (Å²) in [5.74, 6) is 0.752. The van der Waals surface area contributed by atoms with Crippen LogP contribution in [0.2, 0.25) is 0 Å². The Hall–Kier alpha value is -1.99. The van der Waals surface area contributed by atoms with Crippen LogP contribution in [-0.4, -0.2) is 33.4 Å². The smallest absolute Gasteiger partial charge is 0.234 e. The van der Waals surface area contributed by atoms with E-state index < -0.39 is 0 Å². The highest BCUT2D eigenvalue weighted by Gasteiger charge is 2.34. The summed E-state index contributed by atoms with van der Waals surface area (Å²) in [5.41, 5.74) is 1.12. The van der Waals surface area contributed by atoms with Gasteiger partial charge in [-0.25, -0.2) is 4.39 Å². The number of hydrogen-bond acceptors (Lipinski definition) is 5. The molecule has 1 aliphatic rings. The molecule has 1 unspecified atom stereocenters. The largest absolute Gasteiger partial charge is 0.338 e. The average Bonchev–Trinajstić information content (AvgIpc) is 3.18. The topological polar surface area (TPSA) is 79.6 Å². The summed E-state index contributed by atoms with van der Waals surface area (Å²) in [4.78, 5) is 4.55. The van der Waals surface area contributed by atoms with Crippen molar-refractivity contribution in [1.82, 2.24) is 25.7 Å². The third kappa shape index (κ3) is 2.60. The predicted molar refractivity (Wildman–Crippen MR) is 86.0 cm³/mol. The maximum atomic E-state index is 13.7. The molecule has 122 valence electrons. The quantitative estimate of drug-likeness (QED) is 0.751. The van der Waals surface area contributed by atoms with Crippen molar-refractivity contribution in [3.8, 4) is 11.4 Å². The number of nitrogens with one attached hydrogen (secondary N) is 2. The lowest BCUT2D eigenvalue weighted by Crippen LogP contribution is -2.41. The van der Waals surface area contributed by atoms with Gasteiger partial charge in [-0.2, -0.15) is 10.1 Å². The maximum Gasteiger partial charge on any atom is 0.234 e. The minimum absolute atomic E-state index is 0. The molecule has 4 rings (SSSR count). The Morgan fingerprint density at radius 1 is 1.35 bits per heavy atom. The molecule has 0 saturated carbocycles. The molecule has 8 heteroatoms. The molecular formula is C15H17ClFN5O. The molecule has 3 aromatic rings. The maximum absolute atomic E-state index is 13.7. The second-order valence-corrected chi connectivity index (χ2v) is 6.02. The molecule has 1 fully saturated rings. The number of H-pyrrole nitrogens is 1. The molecule has 2 aromatic heterocycles. The van der Waals surface area contributed by atoms with Crippen molar-refractivity contribution in [3.05, 3.63) is 30.0 Å². The van der Waals surface area contributed by atoms with Gasteiger partial charge in [0.15, 0.2) is 0 Å². The molecule has 1 saturated heterocycles. The van der Waals surface area contributed by atoms with Crippen LogP contribution < -0.4 is 5.32 Å². The molecule has 0 spiro atoms. The van der Waals surface area contributed by atoms with E-state index in [1.807, 2.05) is 0 Å². The predicted octanol–water partition coefficient (Wildman–Crippen LogP) is 2.81. The van der Waals surface area contributed by atoms with Gasteiger partial charge < -0.3 is 9.84 Å². The summed E-state index contributed by atoms with van der Waals surface area (Å²) in [5, 5.41) is 14.6. The second kappa shape index (κ2) is 5.90. The number of aromatic nitrogens is 4. The van der Waals surface area contributed by atoms with Crippen LogP contribution in [0, 0.1) is 5.82 Å². The highest BCUT2D eigenvalue weighted by molar-refractivity contribution is 5.91. The van der Waals surface area contributed by atoms with Crippen molar-refractivity contribution in [3.63, 3.8) is 0 Å². The molecule has 6 nitrogen and oxygen atoms in total. The molecular weight excluding hydrogens is 321 g/mol. The molecule has 1 aliphatic heterocycles. The number of benzene rings is 1. The fourth-order valence-electron chi connectivity index (χ4n) is 3.01. The van der Waals surface area contributed by atoms with Gasteiger partial charge in [0.05, 0.1) is 22.5 Å².